The summed E-state index contributed by atoms with van der Waals surface area (Å²) in [5, 5.41) is 0. The highest BCUT2D eigenvalue weighted by molar-refractivity contribution is 6.07. The Kier molecular flexibility index (Phi) is 0.943. The van der Waals surface area contributed by atoms with E-state index in [0.29, 0.717) is 0 Å². The predicted octanol–water partition coefficient (Wildman–Crippen LogP) is -0.219. The van der Waals surface area contributed by atoms with Crippen molar-refractivity contribution in [1.29, 1.82) is 0 Å². The minimum atomic E-state index is -0.273. The number of hydrogen-bond donors (Lipinski definition) is 0. The molecular formula is C6H5N3O. The minimum Gasteiger partial charge on any atom is -0.320 e. The van der Waals surface area contributed by atoms with Crippen molar-refractivity contribution in [2.24, 2.45) is 9.98 Å². The summed E-state index contributed by atoms with van der Waals surface area (Å²) >= 11 is 0. The summed E-state index contributed by atoms with van der Waals surface area (Å²) in [4.78, 5) is 20.0. The monoisotopic (exact) mass is 135 g/mol. The Balaban J connectivity index is 2.34. The number of rotatable bonds is 0. The number of amides is 1. The van der Waals surface area contributed by atoms with Crippen LogP contribution in [-0.2, 0) is 4.79 Å². The Hall–Kier alpha value is -1.45. The van der Waals surface area contributed by atoms with Crippen molar-refractivity contribution < 1.29 is 4.79 Å². The van der Waals surface area contributed by atoms with Gasteiger partial charge in [0.2, 0.25) is 0 Å². The van der Waals surface area contributed by atoms with Crippen molar-refractivity contribution >= 4 is 18.5 Å². The van der Waals surface area contributed by atoms with Crippen LogP contribution in [0.1, 0.15) is 0 Å². The lowest BCUT2D eigenvalue weighted by atomic mass is 10.3. The summed E-state index contributed by atoms with van der Waals surface area (Å²) in [6.07, 6.45) is 6.43. The highest BCUT2D eigenvalue weighted by Gasteiger charge is 2.26. The molecule has 0 saturated heterocycles. The van der Waals surface area contributed by atoms with Crippen LogP contribution in [0.25, 0.3) is 0 Å². The first-order valence-corrected chi connectivity index (χ1v) is 2.93. The smallest absolute Gasteiger partial charge is 0.275 e. The largest absolute Gasteiger partial charge is 0.320 e. The van der Waals surface area contributed by atoms with Crippen LogP contribution in [0.4, 0.5) is 0 Å². The molecule has 2 aliphatic heterocycles. The zero-order valence-electron chi connectivity index (χ0n) is 5.14. The Labute approximate surface area is 57.6 Å². The van der Waals surface area contributed by atoms with E-state index < -0.39 is 0 Å². The van der Waals surface area contributed by atoms with E-state index in [9.17, 15) is 4.79 Å². The number of fused-ring (bicyclic) bond motifs is 1. The van der Waals surface area contributed by atoms with Gasteiger partial charge in [0.15, 0.2) is 6.04 Å². The third kappa shape index (κ3) is 0.586. The normalized spacial score (nSPS) is 27.8. The fraction of sp³-hybridized carbons (Fsp3) is 0.167. The summed E-state index contributed by atoms with van der Waals surface area (Å²) < 4.78 is 0. The van der Waals surface area contributed by atoms with Crippen molar-refractivity contribution in [1.82, 2.24) is 4.90 Å². The molecule has 0 N–H and O–H groups in total. The number of carbonyl (C=O) groups excluding carboxylic acids is 1. The third-order valence-electron chi connectivity index (χ3n) is 1.44. The first-order valence-electron chi connectivity index (χ1n) is 2.93. The second-order valence-electron chi connectivity index (χ2n) is 2.07. The summed E-state index contributed by atoms with van der Waals surface area (Å²) in [5.41, 5.74) is 0. The van der Waals surface area contributed by atoms with Crippen LogP contribution in [0.15, 0.2) is 22.4 Å². The fourth-order valence-corrected chi connectivity index (χ4v) is 0.918. The van der Waals surface area contributed by atoms with Crippen molar-refractivity contribution in [2.75, 3.05) is 0 Å². The molecule has 4 nitrogen and oxygen atoms in total. The Morgan fingerprint density at radius 3 is 3.30 bits per heavy atom. The average Bonchev–Trinajstić information content (AvgIpc) is 2.34. The number of hydrogen-bond acceptors (Lipinski definition) is 3. The molecule has 0 bridgehead atoms. The van der Waals surface area contributed by atoms with E-state index in [1.807, 2.05) is 0 Å². The van der Waals surface area contributed by atoms with E-state index in [1.54, 1.807) is 23.5 Å². The molecule has 2 aliphatic rings. The van der Waals surface area contributed by atoms with Crippen LogP contribution < -0.4 is 0 Å². The summed E-state index contributed by atoms with van der Waals surface area (Å²) in [6.45, 7) is 0. The van der Waals surface area contributed by atoms with Crippen LogP contribution in [0.3, 0.4) is 0 Å². The standard InChI is InChI=1S/C6H5N3O/c10-6-5-3-7-1-2-9(5)4-8-6/h1-5H. The predicted molar refractivity (Wildman–Crippen MR) is 36.8 cm³/mol. The number of aliphatic imine (C=N–C) groups is 2. The van der Waals surface area contributed by atoms with E-state index in [1.165, 1.54) is 6.34 Å². The lowest BCUT2D eigenvalue weighted by molar-refractivity contribution is -0.118. The molecule has 10 heavy (non-hydrogen) atoms. The molecule has 0 saturated carbocycles. The van der Waals surface area contributed by atoms with Crippen LogP contribution >= 0.6 is 0 Å². The first-order chi connectivity index (χ1) is 4.88. The van der Waals surface area contributed by atoms with Gasteiger partial charge < -0.3 is 4.90 Å². The van der Waals surface area contributed by atoms with Gasteiger partial charge in [-0.15, -0.1) is 0 Å². The Bertz CT molecular complexity index is 252. The summed E-state index contributed by atoms with van der Waals surface area (Å²) in [5.74, 6) is -0.145. The van der Waals surface area contributed by atoms with Gasteiger partial charge in [-0.25, -0.2) is 4.99 Å². The fourth-order valence-electron chi connectivity index (χ4n) is 0.918. The van der Waals surface area contributed by atoms with Gasteiger partial charge in [0, 0.05) is 18.6 Å². The van der Waals surface area contributed by atoms with Crippen LogP contribution in [0, 0.1) is 0 Å². The van der Waals surface area contributed by atoms with Crippen LogP contribution in [-0.4, -0.2) is 29.4 Å². The molecule has 2 rings (SSSR count). The number of carbonyl (C=O) groups is 1. The van der Waals surface area contributed by atoms with E-state index in [0.717, 1.165) is 0 Å². The molecule has 0 fully saturated rings. The maximum absolute atomic E-state index is 10.8. The quantitative estimate of drug-likeness (QED) is 0.461. The molecule has 1 amide bonds. The van der Waals surface area contributed by atoms with E-state index in [-0.39, 0.29) is 11.9 Å². The molecular weight excluding hydrogens is 130 g/mol. The molecule has 1 atom stereocenters. The number of nitrogens with zero attached hydrogens (tertiary/aromatic N) is 3. The Morgan fingerprint density at radius 2 is 2.50 bits per heavy atom. The molecule has 0 aromatic heterocycles. The van der Waals surface area contributed by atoms with Crippen LogP contribution in [0.5, 0.6) is 0 Å². The molecule has 0 aromatic rings. The topological polar surface area (TPSA) is 45.0 Å². The molecule has 0 aromatic carbocycles. The summed E-state index contributed by atoms with van der Waals surface area (Å²) in [6, 6.07) is -0.273. The highest BCUT2D eigenvalue weighted by atomic mass is 16.2. The van der Waals surface area contributed by atoms with Crippen molar-refractivity contribution in [3.05, 3.63) is 12.4 Å². The van der Waals surface area contributed by atoms with Gasteiger partial charge in [0.25, 0.3) is 5.91 Å². The second-order valence-corrected chi connectivity index (χ2v) is 2.07. The lowest BCUT2D eigenvalue weighted by Crippen LogP contribution is -2.32. The zero-order chi connectivity index (χ0) is 6.97. The van der Waals surface area contributed by atoms with Gasteiger partial charge in [-0.3, -0.25) is 9.79 Å². The van der Waals surface area contributed by atoms with Gasteiger partial charge in [-0.2, -0.15) is 0 Å². The summed E-state index contributed by atoms with van der Waals surface area (Å²) in [7, 11) is 0. The SMILES string of the molecule is O=C1N=CN2C=CN=CC12. The molecule has 2 heterocycles. The van der Waals surface area contributed by atoms with E-state index in [2.05, 4.69) is 9.98 Å². The lowest BCUT2D eigenvalue weighted by Gasteiger charge is -2.15. The zero-order valence-corrected chi connectivity index (χ0v) is 5.14. The maximum atomic E-state index is 10.8. The van der Waals surface area contributed by atoms with Gasteiger partial charge in [-0.05, 0) is 0 Å². The van der Waals surface area contributed by atoms with Crippen molar-refractivity contribution in [2.45, 2.75) is 6.04 Å². The van der Waals surface area contributed by atoms with E-state index >= 15 is 0 Å². The van der Waals surface area contributed by atoms with Gasteiger partial charge in [0.05, 0.1) is 6.34 Å². The van der Waals surface area contributed by atoms with Gasteiger partial charge >= 0.3 is 0 Å². The molecule has 0 radical (unpaired) electrons. The minimum absolute atomic E-state index is 0.145. The van der Waals surface area contributed by atoms with Crippen LogP contribution in [0.2, 0.25) is 0 Å². The van der Waals surface area contributed by atoms with Crippen molar-refractivity contribution in [3.8, 4) is 0 Å². The van der Waals surface area contributed by atoms with Crippen molar-refractivity contribution in [3.63, 3.8) is 0 Å². The molecule has 4 heteroatoms. The van der Waals surface area contributed by atoms with Gasteiger partial charge in [-0.1, -0.05) is 0 Å². The second kappa shape index (κ2) is 1.76. The molecule has 0 spiro atoms. The van der Waals surface area contributed by atoms with Gasteiger partial charge in [0.1, 0.15) is 0 Å². The van der Waals surface area contributed by atoms with E-state index in [4.69, 9.17) is 0 Å². The third-order valence-corrected chi connectivity index (χ3v) is 1.44. The molecule has 50 valence electrons. The molecule has 0 aliphatic carbocycles. The first kappa shape index (κ1) is 5.34. The maximum Gasteiger partial charge on any atom is 0.275 e. The Morgan fingerprint density at radius 1 is 1.60 bits per heavy atom. The highest BCUT2D eigenvalue weighted by Crippen LogP contribution is 2.08. The molecule has 1 unspecified atom stereocenters. The average molecular weight is 135 g/mol.